The summed E-state index contributed by atoms with van der Waals surface area (Å²) in [6, 6.07) is 0. The van der Waals surface area contributed by atoms with Gasteiger partial charge in [0.05, 0.1) is 13.2 Å². The molecule has 0 aromatic rings. The molecule has 1 aliphatic rings. The van der Waals surface area contributed by atoms with Gasteiger partial charge in [-0.05, 0) is 40.0 Å². The summed E-state index contributed by atoms with van der Waals surface area (Å²) >= 11 is 0. The van der Waals surface area contributed by atoms with Crippen molar-refractivity contribution >= 4 is 11.9 Å². The molecule has 0 aromatic heterocycles. The number of hydrogen-bond donors (Lipinski definition) is 0. The van der Waals surface area contributed by atoms with Crippen molar-refractivity contribution in [2.24, 2.45) is 11.3 Å². The highest BCUT2D eigenvalue weighted by Crippen LogP contribution is 2.40. The van der Waals surface area contributed by atoms with Gasteiger partial charge in [-0.3, -0.25) is 9.59 Å². The highest BCUT2D eigenvalue weighted by atomic mass is 16.6. The maximum absolute atomic E-state index is 12.6. The Hall–Kier alpha value is -1.76. The standard InChI is InChI=1S/C17H24O4/c1-4-7-13-17(15(18)20-5-2,16(19)21-6-3)14-11-9-8-10-12-14/h9,11,14H,5-6,8,10,12-13H2,1-3H3. The van der Waals surface area contributed by atoms with E-state index in [-0.39, 0.29) is 25.6 Å². The third-order valence-electron chi connectivity index (χ3n) is 3.71. The Kier molecular flexibility index (Phi) is 7.01. The average Bonchev–Trinajstić information content (AvgIpc) is 2.50. The molecule has 0 heterocycles. The number of rotatable bonds is 6. The van der Waals surface area contributed by atoms with Gasteiger partial charge in [0.2, 0.25) is 0 Å². The summed E-state index contributed by atoms with van der Waals surface area (Å²) in [5.74, 6) is 4.38. The third kappa shape index (κ3) is 3.87. The van der Waals surface area contributed by atoms with E-state index in [0.29, 0.717) is 0 Å². The van der Waals surface area contributed by atoms with Gasteiger partial charge in [-0.25, -0.2) is 0 Å². The van der Waals surface area contributed by atoms with E-state index in [1.54, 1.807) is 20.8 Å². The Bertz CT molecular complexity index is 435. The van der Waals surface area contributed by atoms with E-state index in [1.165, 1.54) is 0 Å². The van der Waals surface area contributed by atoms with Crippen molar-refractivity contribution in [2.45, 2.75) is 46.5 Å². The first-order valence-corrected chi connectivity index (χ1v) is 7.54. The molecule has 0 aliphatic heterocycles. The molecule has 0 saturated heterocycles. The van der Waals surface area contributed by atoms with Crippen molar-refractivity contribution in [2.75, 3.05) is 13.2 Å². The van der Waals surface area contributed by atoms with Crippen LogP contribution in [0.15, 0.2) is 12.2 Å². The molecular weight excluding hydrogens is 268 g/mol. The predicted molar refractivity (Wildman–Crippen MR) is 80.2 cm³/mol. The van der Waals surface area contributed by atoms with E-state index in [1.807, 2.05) is 12.2 Å². The summed E-state index contributed by atoms with van der Waals surface area (Å²) in [5.41, 5.74) is -1.34. The average molecular weight is 292 g/mol. The maximum atomic E-state index is 12.6. The minimum atomic E-state index is -1.34. The Morgan fingerprint density at radius 2 is 1.86 bits per heavy atom. The molecule has 1 unspecified atom stereocenters. The van der Waals surface area contributed by atoms with Crippen LogP contribution in [0.1, 0.15) is 46.5 Å². The van der Waals surface area contributed by atoms with Gasteiger partial charge >= 0.3 is 11.9 Å². The van der Waals surface area contributed by atoms with Crippen LogP contribution in [0.4, 0.5) is 0 Å². The van der Waals surface area contributed by atoms with Crippen molar-refractivity contribution in [1.82, 2.24) is 0 Å². The Morgan fingerprint density at radius 1 is 1.24 bits per heavy atom. The molecule has 1 aliphatic carbocycles. The number of carbonyl (C=O) groups excluding carboxylic acids is 2. The van der Waals surface area contributed by atoms with Gasteiger partial charge < -0.3 is 9.47 Å². The molecule has 0 N–H and O–H groups in total. The molecule has 1 atom stereocenters. The summed E-state index contributed by atoms with van der Waals surface area (Å²) in [6.07, 6.45) is 6.77. The van der Waals surface area contributed by atoms with E-state index in [4.69, 9.17) is 9.47 Å². The van der Waals surface area contributed by atoms with E-state index >= 15 is 0 Å². The van der Waals surface area contributed by atoms with Crippen LogP contribution >= 0.6 is 0 Å². The number of allylic oxidation sites excluding steroid dienone is 2. The van der Waals surface area contributed by atoms with Gasteiger partial charge in [-0.2, -0.15) is 0 Å². The zero-order valence-corrected chi connectivity index (χ0v) is 13.1. The van der Waals surface area contributed by atoms with Crippen LogP contribution in [0.3, 0.4) is 0 Å². The van der Waals surface area contributed by atoms with Crippen LogP contribution in [0, 0.1) is 23.2 Å². The van der Waals surface area contributed by atoms with Gasteiger partial charge in [-0.1, -0.05) is 12.2 Å². The molecule has 4 heteroatoms. The molecule has 0 amide bonds. The van der Waals surface area contributed by atoms with Crippen molar-refractivity contribution in [1.29, 1.82) is 0 Å². The zero-order valence-electron chi connectivity index (χ0n) is 13.1. The van der Waals surface area contributed by atoms with Gasteiger partial charge in [-0.15, -0.1) is 11.8 Å². The van der Waals surface area contributed by atoms with Gasteiger partial charge in [0.1, 0.15) is 0 Å². The van der Waals surface area contributed by atoms with Crippen molar-refractivity contribution < 1.29 is 19.1 Å². The summed E-state index contributed by atoms with van der Waals surface area (Å²) in [7, 11) is 0. The minimum Gasteiger partial charge on any atom is -0.465 e. The normalized spacial score (nSPS) is 17.6. The molecular formula is C17H24O4. The van der Waals surface area contributed by atoms with E-state index < -0.39 is 17.4 Å². The monoisotopic (exact) mass is 292 g/mol. The topological polar surface area (TPSA) is 52.6 Å². The fourth-order valence-electron chi connectivity index (χ4n) is 2.63. The molecule has 1 rings (SSSR count). The first-order chi connectivity index (χ1) is 10.1. The van der Waals surface area contributed by atoms with Crippen LogP contribution in [-0.4, -0.2) is 25.2 Å². The molecule has 0 saturated carbocycles. The summed E-state index contributed by atoms with van der Waals surface area (Å²) < 4.78 is 10.4. The highest BCUT2D eigenvalue weighted by Gasteiger charge is 2.53. The van der Waals surface area contributed by atoms with Crippen LogP contribution < -0.4 is 0 Å². The van der Waals surface area contributed by atoms with Crippen LogP contribution in [-0.2, 0) is 19.1 Å². The third-order valence-corrected chi connectivity index (χ3v) is 3.71. The summed E-state index contributed by atoms with van der Waals surface area (Å²) in [5, 5.41) is 0. The summed E-state index contributed by atoms with van der Waals surface area (Å²) in [6.45, 7) is 5.62. The largest absolute Gasteiger partial charge is 0.465 e. The molecule has 116 valence electrons. The number of carbonyl (C=O) groups is 2. The van der Waals surface area contributed by atoms with Crippen molar-refractivity contribution in [3.8, 4) is 11.8 Å². The molecule has 0 fully saturated rings. The van der Waals surface area contributed by atoms with Gasteiger partial charge in [0.15, 0.2) is 5.41 Å². The summed E-state index contributed by atoms with van der Waals surface area (Å²) in [4.78, 5) is 25.1. The maximum Gasteiger partial charge on any atom is 0.325 e. The lowest BCUT2D eigenvalue weighted by Crippen LogP contribution is -2.47. The molecule has 0 aromatic carbocycles. The molecule has 0 radical (unpaired) electrons. The number of hydrogen-bond acceptors (Lipinski definition) is 4. The Morgan fingerprint density at radius 3 is 2.29 bits per heavy atom. The molecule has 0 bridgehead atoms. The zero-order chi connectivity index (χ0) is 15.7. The lowest BCUT2D eigenvalue weighted by molar-refractivity contribution is -0.175. The molecule has 4 nitrogen and oxygen atoms in total. The fraction of sp³-hybridized carbons (Fsp3) is 0.647. The highest BCUT2D eigenvalue weighted by molar-refractivity contribution is 6.01. The van der Waals surface area contributed by atoms with Gasteiger partial charge in [0, 0.05) is 12.3 Å². The first-order valence-electron chi connectivity index (χ1n) is 7.54. The fourth-order valence-corrected chi connectivity index (χ4v) is 2.63. The van der Waals surface area contributed by atoms with Gasteiger partial charge in [0.25, 0.3) is 0 Å². The SMILES string of the molecule is CC#CCC(C(=O)OCC)(C(=O)OCC)C1C=CCCC1. The second-order valence-corrected chi connectivity index (χ2v) is 4.98. The smallest absolute Gasteiger partial charge is 0.325 e. The molecule has 21 heavy (non-hydrogen) atoms. The minimum absolute atomic E-state index is 0.135. The molecule has 0 spiro atoms. The second-order valence-electron chi connectivity index (χ2n) is 4.98. The lowest BCUT2D eigenvalue weighted by Gasteiger charge is -2.34. The lowest BCUT2D eigenvalue weighted by atomic mass is 9.69. The van der Waals surface area contributed by atoms with Crippen molar-refractivity contribution in [3.05, 3.63) is 12.2 Å². The van der Waals surface area contributed by atoms with E-state index in [0.717, 1.165) is 19.3 Å². The van der Waals surface area contributed by atoms with Crippen LogP contribution in [0.2, 0.25) is 0 Å². The quantitative estimate of drug-likeness (QED) is 0.327. The predicted octanol–water partition coefficient (Wildman–Crippen LogP) is 2.87. The van der Waals surface area contributed by atoms with Crippen molar-refractivity contribution in [3.63, 3.8) is 0 Å². The van der Waals surface area contributed by atoms with E-state index in [2.05, 4.69) is 11.8 Å². The number of esters is 2. The number of ether oxygens (including phenoxy) is 2. The van der Waals surface area contributed by atoms with Crippen LogP contribution in [0.25, 0.3) is 0 Å². The van der Waals surface area contributed by atoms with Crippen LogP contribution in [0.5, 0.6) is 0 Å². The first kappa shape index (κ1) is 17.3. The second kappa shape index (κ2) is 8.51. The Balaban J connectivity index is 3.26. The van der Waals surface area contributed by atoms with E-state index in [9.17, 15) is 9.59 Å². The Labute approximate surface area is 126 Å².